The number of carbonyl (C=O) groups excluding carboxylic acids is 2. The van der Waals surface area contributed by atoms with Gasteiger partial charge in [-0.25, -0.2) is 0 Å². The molecule has 2 unspecified atom stereocenters. The molecule has 5 nitrogen and oxygen atoms in total. The van der Waals surface area contributed by atoms with Crippen molar-refractivity contribution in [3.63, 3.8) is 0 Å². The molecule has 0 spiro atoms. The second-order valence-electron chi connectivity index (χ2n) is 7.31. The Balaban J connectivity index is 1.68. The van der Waals surface area contributed by atoms with Crippen LogP contribution in [-0.4, -0.2) is 35.4 Å². The monoisotopic (exact) mass is 316 g/mol. The average molecular weight is 316 g/mol. The molecule has 23 heavy (non-hydrogen) atoms. The maximum Gasteiger partial charge on any atom is 0.225 e. The first-order valence-corrected chi connectivity index (χ1v) is 8.19. The molecule has 2 atom stereocenters. The van der Waals surface area contributed by atoms with Crippen molar-refractivity contribution in [1.82, 2.24) is 10.2 Å². The fourth-order valence-corrected chi connectivity index (χ4v) is 3.31. The fraction of sp³-hybridized carbons (Fsp3) is 0.556. The quantitative estimate of drug-likeness (QED) is 0.910. The summed E-state index contributed by atoms with van der Waals surface area (Å²) in [7, 11) is 0. The van der Waals surface area contributed by atoms with Gasteiger partial charge < -0.3 is 15.0 Å². The van der Waals surface area contributed by atoms with Crippen molar-refractivity contribution in [2.45, 2.75) is 45.2 Å². The van der Waals surface area contributed by atoms with Crippen LogP contribution in [0.25, 0.3) is 0 Å². The summed E-state index contributed by atoms with van der Waals surface area (Å²) in [4.78, 5) is 26.6. The molecule has 2 amide bonds. The molecule has 1 aromatic carbocycles. The Morgan fingerprint density at radius 2 is 2.04 bits per heavy atom. The third kappa shape index (κ3) is 3.19. The molecule has 2 heterocycles. The summed E-state index contributed by atoms with van der Waals surface area (Å²) in [6, 6.07) is 7.76. The van der Waals surface area contributed by atoms with Crippen molar-refractivity contribution >= 4 is 11.8 Å². The van der Waals surface area contributed by atoms with Gasteiger partial charge in [0.25, 0.3) is 0 Å². The first kappa shape index (κ1) is 15.8. The van der Waals surface area contributed by atoms with Gasteiger partial charge in [0.2, 0.25) is 11.8 Å². The van der Waals surface area contributed by atoms with E-state index in [0.717, 1.165) is 17.7 Å². The minimum absolute atomic E-state index is 0.0354. The zero-order valence-electron chi connectivity index (χ0n) is 14.0. The van der Waals surface area contributed by atoms with Crippen LogP contribution in [0.1, 0.15) is 45.2 Å². The minimum atomic E-state index is -0.267. The molecule has 2 aliphatic heterocycles. The number of carbonyl (C=O) groups is 2. The van der Waals surface area contributed by atoms with E-state index in [0.29, 0.717) is 19.6 Å². The van der Waals surface area contributed by atoms with Crippen molar-refractivity contribution in [3.8, 4) is 5.75 Å². The molecular weight excluding hydrogens is 292 g/mol. The molecule has 1 N–H and O–H groups in total. The Morgan fingerprint density at radius 1 is 1.30 bits per heavy atom. The van der Waals surface area contributed by atoms with E-state index in [2.05, 4.69) is 5.32 Å². The third-order valence-electron chi connectivity index (χ3n) is 4.58. The van der Waals surface area contributed by atoms with E-state index in [1.54, 1.807) is 4.90 Å². The molecule has 1 saturated heterocycles. The number of benzene rings is 1. The molecule has 0 radical (unpaired) electrons. The Kier molecular flexibility index (Phi) is 4.04. The number of hydrogen-bond donors (Lipinski definition) is 1. The minimum Gasteiger partial charge on any atom is -0.493 e. The number of rotatable bonds is 2. The van der Waals surface area contributed by atoms with Crippen LogP contribution in [0.4, 0.5) is 0 Å². The molecule has 2 aliphatic rings. The normalized spacial score (nSPS) is 24.1. The zero-order valence-corrected chi connectivity index (χ0v) is 14.0. The van der Waals surface area contributed by atoms with Crippen LogP contribution in [0.15, 0.2) is 24.3 Å². The second-order valence-corrected chi connectivity index (χ2v) is 7.31. The van der Waals surface area contributed by atoms with Crippen molar-refractivity contribution in [2.75, 3.05) is 13.2 Å². The van der Waals surface area contributed by atoms with Crippen LogP contribution in [0.3, 0.4) is 0 Å². The molecule has 1 fully saturated rings. The number of hydrogen-bond acceptors (Lipinski definition) is 3. The average Bonchev–Trinajstić information content (AvgIpc) is 2.90. The van der Waals surface area contributed by atoms with Gasteiger partial charge in [-0.3, -0.25) is 9.59 Å². The van der Waals surface area contributed by atoms with Crippen LogP contribution in [0, 0.1) is 5.92 Å². The van der Waals surface area contributed by atoms with Gasteiger partial charge in [0.15, 0.2) is 0 Å². The molecule has 5 heteroatoms. The van der Waals surface area contributed by atoms with Crippen LogP contribution in [0.5, 0.6) is 5.75 Å². The summed E-state index contributed by atoms with van der Waals surface area (Å²) in [6.45, 7) is 7.10. The number of nitrogens with one attached hydrogen (secondary N) is 1. The molecule has 0 aliphatic carbocycles. The highest BCUT2D eigenvalue weighted by molar-refractivity contribution is 5.89. The van der Waals surface area contributed by atoms with Gasteiger partial charge >= 0.3 is 0 Å². The van der Waals surface area contributed by atoms with Crippen LogP contribution >= 0.6 is 0 Å². The molecule has 3 rings (SSSR count). The summed E-state index contributed by atoms with van der Waals surface area (Å²) in [5.41, 5.74) is 0.779. The van der Waals surface area contributed by atoms with Crippen molar-refractivity contribution < 1.29 is 14.3 Å². The SMILES string of the molecule is CC(C)(C)N1CC(C(=O)NC2CCOc3ccccc32)CC1=O. The number of para-hydroxylation sites is 1. The van der Waals surface area contributed by atoms with Gasteiger partial charge in [0, 0.05) is 30.5 Å². The maximum atomic E-state index is 12.6. The standard InChI is InChI=1S/C18H24N2O3/c1-18(2,3)20-11-12(10-16(20)21)17(22)19-14-8-9-23-15-7-5-4-6-13(14)15/h4-7,12,14H,8-11H2,1-3H3,(H,19,22). The summed E-state index contributed by atoms with van der Waals surface area (Å²) < 4.78 is 5.63. The lowest BCUT2D eigenvalue weighted by Crippen LogP contribution is -2.43. The van der Waals surface area contributed by atoms with Crippen LogP contribution in [-0.2, 0) is 9.59 Å². The lowest BCUT2D eigenvalue weighted by molar-refractivity contribution is -0.132. The number of fused-ring (bicyclic) bond motifs is 1. The van der Waals surface area contributed by atoms with Gasteiger partial charge in [-0.2, -0.15) is 0 Å². The smallest absolute Gasteiger partial charge is 0.225 e. The third-order valence-corrected chi connectivity index (χ3v) is 4.58. The van der Waals surface area contributed by atoms with E-state index in [9.17, 15) is 9.59 Å². The molecule has 1 aromatic rings. The summed E-state index contributed by atoms with van der Waals surface area (Å²) in [5, 5.41) is 3.11. The Morgan fingerprint density at radius 3 is 2.74 bits per heavy atom. The first-order valence-electron chi connectivity index (χ1n) is 8.19. The van der Waals surface area contributed by atoms with Gasteiger partial charge in [-0.15, -0.1) is 0 Å². The van der Waals surface area contributed by atoms with Gasteiger partial charge in [-0.1, -0.05) is 18.2 Å². The van der Waals surface area contributed by atoms with Crippen molar-refractivity contribution in [3.05, 3.63) is 29.8 Å². The number of likely N-dealkylation sites (tertiary alicyclic amines) is 1. The molecule has 0 bridgehead atoms. The van der Waals surface area contributed by atoms with Gasteiger partial charge in [0.1, 0.15) is 5.75 Å². The highest BCUT2D eigenvalue weighted by atomic mass is 16.5. The highest BCUT2D eigenvalue weighted by Gasteiger charge is 2.40. The number of nitrogens with zero attached hydrogens (tertiary/aromatic N) is 1. The van der Waals surface area contributed by atoms with E-state index < -0.39 is 0 Å². The predicted molar refractivity (Wildman–Crippen MR) is 87.0 cm³/mol. The summed E-state index contributed by atoms with van der Waals surface area (Å²) in [5.74, 6) is 0.594. The van der Waals surface area contributed by atoms with Gasteiger partial charge in [0.05, 0.1) is 18.6 Å². The van der Waals surface area contributed by atoms with E-state index >= 15 is 0 Å². The Hall–Kier alpha value is -2.04. The van der Waals surface area contributed by atoms with Crippen molar-refractivity contribution in [1.29, 1.82) is 0 Å². The predicted octanol–water partition coefficient (Wildman–Crippen LogP) is 2.27. The molecule has 0 aromatic heterocycles. The fourth-order valence-electron chi connectivity index (χ4n) is 3.31. The second kappa shape index (κ2) is 5.87. The zero-order chi connectivity index (χ0) is 16.6. The Bertz CT molecular complexity index is 621. The molecule has 124 valence electrons. The topological polar surface area (TPSA) is 58.6 Å². The molecule has 0 saturated carbocycles. The van der Waals surface area contributed by atoms with Crippen LogP contribution in [0.2, 0.25) is 0 Å². The Labute approximate surface area is 137 Å². The van der Waals surface area contributed by atoms with Crippen LogP contribution < -0.4 is 10.1 Å². The first-order chi connectivity index (χ1) is 10.9. The van der Waals surface area contributed by atoms with E-state index in [1.807, 2.05) is 45.0 Å². The lowest BCUT2D eigenvalue weighted by atomic mass is 9.99. The summed E-state index contributed by atoms with van der Waals surface area (Å²) >= 11 is 0. The lowest BCUT2D eigenvalue weighted by Gasteiger charge is -2.32. The van der Waals surface area contributed by atoms with E-state index in [-0.39, 0.29) is 29.3 Å². The summed E-state index contributed by atoms with van der Waals surface area (Å²) in [6.07, 6.45) is 1.06. The van der Waals surface area contributed by atoms with Crippen molar-refractivity contribution in [2.24, 2.45) is 5.92 Å². The van der Waals surface area contributed by atoms with Gasteiger partial charge in [-0.05, 0) is 26.8 Å². The van der Waals surface area contributed by atoms with E-state index in [1.165, 1.54) is 0 Å². The number of amides is 2. The van der Waals surface area contributed by atoms with E-state index in [4.69, 9.17) is 4.74 Å². The molecular formula is C18H24N2O3. The highest BCUT2D eigenvalue weighted by Crippen LogP contribution is 2.32. The maximum absolute atomic E-state index is 12.6. The largest absolute Gasteiger partial charge is 0.493 e. The number of ether oxygens (including phenoxy) is 1.